The largest absolute Gasteiger partial charge is 0.297 e. The first-order valence-electron chi connectivity index (χ1n) is 8.35. The van der Waals surface area contributed by atoms with Crippen LogP contribution in [-0.2, 0) is 26.4 Å². The number of rotatable bonds is 5. The van der Waals surface area contributed by atoms with Gasteiger partial charge in [0.15, 0.2) is 9.84 Å². The summed E-state index contributed by atoms with van der Waals surface area (Å²) in [6.45, 7) is 3.62. The van der Waals surface area contributed by atoms with Crippen LogP contribution in [-0.4, -0.2) is 46.3 Å². The van der Waals surface area contributed by atoms with Gasteiger partial charge in [-0.25, -0.2) is 16.8 Å². The van der Waals surface area contributed by atoms with Gasteiger partial charge < -0.3 is 0 Å². The first kappa shape index (κ1) is 18.9. The molecule has 0 aliphatic carbocycles. The molecule has 0 aromatic heterocycles. The number of hydrogen-bond donors (Lipinski definition) is 1. The first-order valence-corrected chi connectivity index (χ1v) is 11.7. The van der Waals surface area contributed by atoms with Crippen molar-refractivity contribution in [2.75, 3.05) is 29.3 Å². The van der Waals surface area contributed by atoms with Gasteiger partial charge in [0.25, 0.3) is 10.0 Å². The molecule has 0 spiro atoms. The highest BCUT2D eigenvalue weighted by molar-refractivity contribution is 7.92. The molecule has 1 heterocycles. The minimum absolute atomic E-state index is 0.196. The number of benzene rings is 2. The number of anilines is 1. The SMILES string of the molecule is Cc1ccc(S(=O)(=O)Nc2ccc(CN3CCS(=O)(=O)CC3)cc2)cc1. The van der Waals surface area contributed by atoms with Gasteiger partial charge >= 0.3 is 0 Å². The number of sulfone groups is 1. The number of nitrogens with zero attached hydrogens (tertiary/aromatic N) is 1. The van der Waals surface area contributed by atoms with Crippen LogP contribution < -0.4 is 4.72 Å². The zero-order valence-electron chi connectivity index (χ0n) is 14.6. The molecule has 1 aliphatic rings. The van der Waals surface area contributed by atoms with Crippen LogP contribution >= 0.6 is 0 Å². The Hall–Kier alpha value is -1.90. The zero-order chi connectivity index (χ0) is 18.8. The lowest BCUT2D eigenvalue weighted by atomic mass is 10.2. The van der Waals surface area contributed by atoms with Gasteiger partial charge in [-0.05, 0) is 36.8 Å². The van der Waals surface area contributed by atoms with E-state index < -0.39 is 19.9 Å². The summed E-state index contributed by atoms with van der Waals surface area (Å²) in [4.78, 5) is 2.31. The second-order valence-corrected chi connectivity index (χ2v) is 10.5. The van der Waals surface area contributed by atoms with Crippen molar-refractivity contribution >= 4 is 25.5 Å². The van der Waals surface area contributed by atoms with Crippen LogP contribution in [0.15, 0.2) is 53.4 Å². The smallest absolute Gasteiger partial charge is 0.261 e. The predicted molar refractivity (Wildman–Crippen MR) is 102 cm³/mol. The topological polar surface area (TPSA) is 83.6 Å². The molecule has 1 N–H and O–H groups in total. The zero-order valence-corrected chi connectivity index (χ0v) is 16.2. The number of sulfonamides is 1. The van der Waals surface area contributed by atoms with Gasteiger partial charge in [-0.15, -0.1) is 0 Å². The van der Waals surface area contributed by atoms with Crippen molar-refractivity contribution in [3.63, 3.8) is 0 Å². The van der Waals surface area contributed by atoms with E-state index in [1.807, 2.05) is 19.1 Å². The summed E-state index contributed by atoms with van der Waals surface area (Å²) < 4.78 is 50.3. The average Bonchev–Trinajstić information content (AvgIpc) is 2.59. The molecule has 6 nitrogen and oxygen atoms in total. The maximum atomic E-state index is 12.4. The lowest BCUT2D eigenvalue weighted by molar-refractivity contribution is 0.287. The molecule has 26 heavy (non-hydrogen) atoms. The van der Waals surface area contributed by atoms with Gasteiger partial charge in [0.1, 0.15) is 0 Å². The molecule has 0 saturated carbocycles. The van der Waals surface area contributed by atoms with Crippen LogP contribution in [0.25, 0.3) is 0 Å². The van der Waals surface area contributed by atoms with Gasteiger partial charge in [0.2, 0.25) is 0 Å². The molecule has 0 bridgehead atoms. The molecule has 1 aliphatic heterocycles. The highest BCUT2D eigenvalue weighted by Crippen LogP contribution is 2.18. The maximum Gasteiger partial charge on any atom is 0.261 e. The Balaban J connectivity index is 1.63. The molecule has 0 amide bonds. The summed E-state index contributed by atoms with van der Waals surface area (Å²) in [7, 11) is -6.49. The van der Waals surface area contributed by atoms with E-state index in [2.05, 4.69) is 9.62 Å². The van der Waals surface area contributed by atoms with Crippen LogP contribution in [0.2, 0.25) is 0 Å². The van der Waals surface area contributed by atoms with Gasteiger partial charge in [0.05, 0.1) is 16.4 Å². The number of hydrogen-bond acceptors (Lipinski definition) is 5. The second kappa shape index (κ2) is 7.38. The summed E-state index contributed by atoms with van der Waals surface area (Å²) >= 11 is 0. The third-order valence-corrected chi connectivity index (χ3v) is 7.39. The summed E-state index contributed by atoms with van der Waals surface area (Å²) in [5.41, 5.74) is 2.51. The lowest BCUT2D eigenvalue weighted by Gasteiger charge is -2.26. The minimum Gasteiger partial charge on any atom is -0.297 e. The van der Waals surface area contributed by atoms with E-state index in [1.54, 1.807) is 36.4 Å². The van der Waals surface area contributed by atoms with Crippen molar-refractivity contribution in [3.8, 4) is 0 Å². The van der Waals surface area contributed by atoms with Crippen molar-refractivity contribution < 1.29 is 16.8 Å². The fourth-order valence-corrected chi connectivity index (χ4v) is 5.11. The fourth-order valence-electron chi connectivity index (χ4n) is 2.78. The van der Waals surface area contributed by atoms with E-state index in [-0.39, 0.29) is 16.4 Å². The van der Waals surface area contributed by atoms with E-state index in [9.17, 15) is 16.8 Å². The first-order chi connectivity index (χ1) is 12.2. The minimum atomic E-state index is -3.61. The van der Waals surface area contributed by atoms with E-state index in [1.165, 1.54) is 0 Å². The third-order valence-electron chi connectivity index (χ3n) is 4.38. The summed E-state index contributed by atoms with van der Waals surface area (Å²) in [5, 5.41) is 0. The highest BCUT2D eigenvalue weighted by Gasteiger charge is 2.21. The molecule has 1 saturated heterocycles. The van der Waals surface area contributed by atoms with Crippen LogP contribution in [0.5, 0.6) is 0 Å². The molecule has 1 fully saturated rings. The van der Waals surface area contributed by atoms with Crippen molar-refractivity contribution in [3.05, 3.63) is 59.7 Å². The summed E-state index contributed by atoms with van der Waals surface area (Å²) in [6, 6.07) is 13.8. The molecule has 140 valence electrons. The molecular formula is C18H22N2O4S2. The molecule has 0 unspecified atom stereocenters. The Bertz CT molecular complexity index is 953. The second-order valence-electron chi connectivity index (χ2n) is 6.54. The molecule has 0 radical (unpaired) electrons. The Morgan fingerprint density at radius 2 is 1.54 bits per heavy atom. The van der Waals surface area contributed by atoms with Crippen molar-refractivity contribution in [2.24, 2.45) is 0 Å². The van der Waals surface area contributed by atoms with Gasteiger partial charge in [0, 0.05) is 25.3 Å². The van der Waals surface area contributed by atoms with Gasteiger partial charge in [-0.1, -0.05) is 29.8 Å². The normalized spacial score (nSPS) is 17.7. The molecule has 3 rings (SSSR count). The average molecular weight is 395 g/mol. The standard InChI is InChI=1S/C18H22N2O4S2/c1-15-2-8-18(9-3-15)26(23,24)19-17-6-4-16(5-7-17)14-20-10-12-25(21,22)13-11-20/h2-9,19H,10-14H2,1H3. The molecular weight excluding hydrogens is 372 g/mol. The maximum absolute atomic E-state index is 12.4. The quantitative estimate of drug-likeness (QED) is 0.839. The highest BCUT2D eigenvalue weighted by atomic mass is 32.2. The van der Waals surface area contributed by atoms with Crippen LogP contribution in [0.1, 0.15) is 11.1 Å². The summed E-state index contributed by atoms with van der Waals surface area (Å²) in [6.07, 6.45) is 0. The predicted octanol–water partition coefficient (Wildman–Crippen LogP) is 2.03. The molecule has 2 aromatic carbocycles. The monoisotopic (exact) mass is 394 g/mol. The van der Waals surface area contributed by atoms with E-state index in [0.717, 1.165) is 11.1 Å². The van der Waals surface area contributed by atoms with Crippen LogP contribution in [0, 0.1) is 6.92 Å². The van der Waals surface area contributed by atoms with E-state index in [4.69, 9.17) is 0 Å². The Kier molecular flexibility index (Phi) is 5.36. The Labute approximate surface area is 154 Å². The Morgan fingerprint density at radius 1 is 0.962 bits per heavy atom. The fraction of sp³-hybridized carbons (Fsp3) is 0.333. The number of nitrogens with one attached hydrogen (secondary N) is 1. The van der Waals surface area contributed by atoms with Crippen molar-refractivity contribution in [2.45, 2.75) is 18.4 Å². The molecule has 0 atom stereocenters. The molecule has 2 aromatic rings. The van der Waals surface area contributed by atoms with Crippen LogP contribution in [0.3, 0.4) is 0 Å². The van der Waals surface area contributed by atoms with E-state index >= 15 is 0 Å². The summed E-state index contributed by atoms with van der Waals surface area (Å²) in [5.74, 6) is 0.392. The van der Waals surface area contributed by atoms with E-state index in [0.29, 0.717) is 25.3 Å². The van der Waals surface area contributed by atoms with Crippen LogP contribution in [0.4, 0.5) is 5.69 Å². The van der Waals surface area contributed by atoms with Gasteiger partial charge in [-0.2, -0.15) is 0 Å². The van der Waals surface area contributed by atoms with Crippen molar-refractivity contribution in [1.29, 1.82) is 0 Å². The third kappa shape index (κ3) is 4.84. The lowest BCUT2D eigenvalue weighted by Crippen LogP contribution is -2.39. The Morgan fingerprint density at radius 3 is 2.12 bits per heavy atom. The molecule has 8 heteroatoms. The number of aryl methyl sites for hydroxylation is 1. The van der Waals surface area contributed by atoms with Crippen molar-refractivity contribution in [1.82, 2.24) is 4.90 Å². The van der Waals surface area contributed by atoms with Gasteiger partial charge in [-0.3, -0.25) is 9.62 Å².